The largest absolute Gasteiger partial charge is 0.493 e. The van der Waals surface area contributed by atoms with Gasteiger partial charge in [0.2, 0.25) is 5.88 Å². The third kappa shape index (κ3) is 4.46. The Bertz CT molecular complexity index is 1490. The molecule has 0 radical (unpaired) electrons. The second-order valence-electron chi connectivity index (χ2n) is 7.64. The molecular weight excluding hydrogens is 492 g/mol. The van der Waals surface area contributed by atoms with E-state index in [0.717, 1.165) is 0 Å². The molecule has 0 aromatic heterocycles. The van der Waals surface area contributed by atoms with E-state index >= 15 is 0 Å². The van der Waals surface area contributed by atoms with E-state index in [1.54, 1.807) is 37.3 Å². The lowest BCUT2D eigenvalue weighted by atomic mass is 9.83. The molecule has 0 saturated heterocycles. The van der Waals surface area contributed by atoms with Crippen LogP contribution in [0.15, 0.2) is 70.9 Å². The Morgan fingerprint density at radius 2 is 1.80 bits per heavy atom. The molecule has 2 N–H and O–H groups in total. The van der Waals surface area contributed by atoms with E-state index in [9.17, 15) is 13.7 Å². The van der Waals surface area contributed by atoms with Crippen LogP contribution in [-0.2, 0) is 10.1 Å². The third-order valence-corrected chi connectivity index (χ3v) is 7.43. The van der Waals surface area contributed by atoms with Crippen LogP contribution in [-0.4, -0.2) is 22.6 Å². The molecular formula is C25H21ClN2O6S. The van der Waals surface area contributed by atoms with E-state index in [4.69, 9.17) is 35.7 Å². The fraction of sp³-hybridized carbons (Fsp3) is 0.160. The molecule has 1 aliphatic heterocycles. The second kappa shape index (κ2) is 9.41. The minimum Gasteiger partial charge on any atom is -0.493 e. The van der Waals surface area contributed by atoms with Crippen molar-refractivity contribution in [2.75, 3.05) is 14.2 Å². The smallest absolute Gasteiger partial charge is 0.339 e. The Hall–Kier alpha value is -3.87. The van der Waals surface area contributed by atoms with Crippen LogP contribution in [0.5, 0.6) is 23.0 Å². The fourth-order valence-electron chi connectivity index (χ4n) is 3.89. The number of ether oxygens (including phenoxy) is 3. The summed E-state index contributed by atoms with van der Waals surface area (Å²) in [6.07, 6.45) is 0. The van der Waals surface area contributed by atoms with E-state index in [1.807, 2.05) is 0 Å². The second-order valence-corrected chi connectivity index (χ2v) is 9.56. The van der Waals surface area contributed by atoms with Crippen molar-refractivity contribution in [3.8, 4) is 29.1 Å². The van der Waals surface area contributed by atoms with Crippen molar-refractivity contribution >= 4 is 21.7 Å². The predicted octanol–water partition coefficient (Wildman–Crippen LogP) is 4.65. The highest BCUT2D eigenvalue weighted by Crippen LogP contribution is 2.45. The minimum atomic E-state index is -4.17. The first kappa shape index (κ1) is 24.3. The summed E-state index contributed by atoms with van der Waals surface area (Å²) in [5.74, 6) is 0.621. The van der Waals surface area contributed by atoms with E-state index < -0.39 is 16.0 Å². The SMILES string of the molecule is COc1ccc(C2C(C#N)=C(N)Oc3cc(OS(=O)(=O)c4cccc(Cl)c4C)ccc32)cc1OC. The lowest BCUT2D eigenvalue weighted by Gasteiger charge is -2.27. The summed E-state index contributed by atoms with van der Waals surface area (Å²) in [5, 5.41) is 10.1. The zero-order valence-corrected chi connectivity index (χ0v) is 20.6. The van der Waals surface area contributed by atoms with Crippen LogP contribution in [0.2, 0.25) is 5.02 Å². The maximum atomic E-state index is 12.9. The van der Waals surface area contributed by atoms with Gasteiger partial charge in [-0.05, 0) is 48.4 Å². The first-order valence-electron chi connectivity index (χ1n) is 10.3. The molecule has 0 saturated carbocycles. The van der Waals surface area contributed by atoms with Crippen LogP contribution in [0.4, 0.5) is 0 Å². The zero-order chi connectivity index (χ0) is 25.3. The van der Waals surface area contributed by atoms with Gasteiger partial charge in [0.05, 0.1) is 20.1 Å². The topological polar surface area (TPSA) is 121 Å². The molecule has 4 rings (SSSR count). The Labute approximate surface area is 208 Å². The number of rotatable bonds is 6. The van der Waals surface area contributed by atoms with Gasteiger partial charge in [-0.2, -0.15) is 13.7 Å². The minimum absolute atomic E-state index is 0.0161. The normalized spacial score (nSPS) is 15.0. The van der Waals surface area contributed by atoms with Crippen molar-refractivity contribution in [3.05, 3.63) is 87.8 Å². The lowest BCUT2D eigenvalue weighted by Crippen LogP contribution is -2.21. The number of benzene rings is 3. The van der Waals surface area contributed by atoms with Crippen molar-refractivity contribution in [3.63, 3.8) is 0 Å². The lowest BCUT2D eigenvalue weighted by molar-refractivity contribution is 0.354. The van der Waals surface area contributed by atoms with Gasteiger partial charge < -0.3 is 24.1 Å². The van der Waals surface area contributed by atoms with Crippen LogP contribution in [0.1, 0.15) is 22.6 Å². The number of nitriles is 1. The van der Waals surface area contributed by atoms with Gasteiger partial charge in [-0.15, -0.1) is 0 Å². The summed E-state index contributed by atoms with van der Waals surface area (Å²) in [7, 11) is -1.13. The summed E-state index contributed by atoms with van der Waals surface area (Å²) in [6.45, 7) is 1.59. The van der Waals surface area contributed by atoms with Crippen LogP contribution in [0.25, 0.3) is 0 Å². The van der Waals surface area contributed by atoms with Crippen molar-refractivity contribution in [1.29, 1.82) is 5.26 Å². The molecule has 3 aromatic rings. The molecule has 8 nitrogen and oxygen atoms in total. The van der Waals surface area contributed by atoms with Gasteiger partial charge in [-0.25, -0.2) is 0 Å². The predicted molar refractivity (Wildman–Crippen MR) is 129 cm³/mol. The highest BCUT2D eigenvalue weighted by atomic mass is 35.5. The van der Waals surface area contributed by atoms with Gasteiger partial charge in [0, 0.05) is 16.7 Å². The Morgan fingerprint density at radius 1 is 1.06 bits per heavy atom. The van der Waals surface area contributed by atoms with Gasteiger partial charge >= 0.3 is 10.1 Å². The molecule has 0 fully saturated rings. The maximum Gasteiger partial charge on any atom is 0.339 e. The molecule has 0 bridgehead atoms. The van der Waals surface area contributed by atoms with Crippen LogP contribution in [0, 0.1) is 18.3 Å². The molecule has 1 unspecified atom stereocenters. The van der Waals surface area contributed by atoms with E-state index in [2.05, 4.69) is 6.07 Å². The van der Waals surface area contributed by atoms with Crippen molar-refractivity contribution in [1.82, 2.24) is 0 Å². The molecule has 180 valence electrons. The van der Waals surface area contributed by atoms with Crippen LogP contribution in [0.3, 0.4) is 0 Å². The number of fused-ring (bicyclic) bond motifs is 1. The van der Waals surface area contributed by atoms with Crippen LogP contribution >= 0.6 is 11.6 Å². The first-order chi connectivity index (χ1) is 16.7. The van der Waals surface area contributed by atoms with Crippen molar-refractivity contribution < 1.29 is 26.8 Å². The molecule has 10 heteroatoms. The number of nitrogens with two attached hydrogens (primary N) is 1. The molecule has 1 atom stereocenters. The van der Waals surface area contributed by atoms with E-state index in [1.165, 1.54) is 38.5 Å². The third-order valence-electron chi connectivity index (χ3n) is 5.62. The van der Waals surface area contributed by atoms with Gasteiger partial charge in [0.15, 0.2) is 11.5 Å². The quantitative estimate of drug-likeness (QED) is 0.474. The summed E-state index contributed by atoms with van der Waals surface area (Å²) in [6, 6.07) is 16.5. The summed E-state index contributed by atoms with van der Waals surface area (Å²) >= 11 is 6.07. The zero-order valence-electron chi connectivity index (χ0n) is 19.0. The number of hydrogen-bond acceptors (Lipinski definition) is 8. The van der Waals surface area contributed by atoms with Gasteiger partial charge in [-0.1, -0.05) is 29.8 Å². The molecule has 1 heterocycles. The summed E-state index contributed by atoms with van der Waals surface area (Å²) in [4.78, 5) is -0.0435. The summed E-state index contributed by atoms with van der Waals surface area (Å²) in [5.41, 5.74) is 7.97. The fourth-order valence-corrected chi connectivity index (χ4v) is 5.30. The Balaban J connectivity index is 1.76. The average molecular weight is 513 g/mol. The number of allylic oxidation sites excluding steroid dienone is 1. The van der Waals surface area contributed by atoms with Gasteiger partial charge in [0.25, 0.3) is 0 Å². The molecule has 3 aromatic carbocycles. The molecule has 35 heavy (non-hydrogen) atoms. The highest BCUT2D eigenvalue weighted by Gasteiger charge is 2.32. The highest BCUT2D eigenvalue weighted by molar-refractivity contribution is 7.87. The Morgan fingerprint density at radius 3 is 2.49 bits per heavy atom. The molecule has 0 spiro atoms. The van der Waals surface area contributed by atoms with Crippen molar-refractivity contribution in [2.45, 2.75) is 17.7 Å². The first-order valence-corrected chi connectivity index (χ1v) is 12.1. The standard InChI is InChI=1S/C25H21ClN2O6S/c1-14-19(26)5-4-6-23(14)35(29,30)34-16-8-9-17-21(12-16)33-25(28)18(13-27)24(17)15-7-10-20(31-2)22(11-15)32-3/h4-12,24H,28H2,1-3H3. The average Bonchev–Trinajstić information content (AvgIpc) is 2.83. The van der Waals surface area contributed by atoms with E-state index in [-0.39, 0.29) is 27.9 Å². The maximum absolute atomic E-state index is 12.9. The van der Waals surface area contributed by atoms with Gasteiger partial charge in [0.1, 0.15) is 28.0 Å². The van der Waals surface area contributed by atoms with Gasteiger partial charge in [-0.3, -0.25) is 0 Å². The number of halogens is 1. The van der Waals surface area contributed by atoms with E-state index in [0.29, 0.717) is 33.2 Å². The van der Waals surface area contributed by atoms with Crippen molar-refractivity contribution in [2.24, 2.45) is 5.73 Å². The monoisotopic (exact) mass is 512 g/mol. The molecule has 0 amide bonds. The summed E-state index contributed by atoms with van der Waals surface area (Å²) < 4.78 is 47.5. The molecule has 0 aliphatic carbocycles. The number of nitrogens with zero attached hydrogens (tertiary/aromatic N) is 1. The Kier molecular flexibility index (Phi) is 6.52. The van der Waals surface area contributed by atoms with Crippen LogP contribution < -0.4 is 24.1 Å². The number of methoxy groups -OCH3 is 2. The molecule has 1 aliphatic rings. The number of hydrogen-bond donors (Lipinski definition) is 1.